The molecule has 1 aromatic rings. The average Bonchev–Trinajstić information content (AvgIpc) is 3.01. The van der Waals surface area contributed by atoms with E-state index in [9.17, 15) is 0 Å². The van der Waals surface area contributed by atoms with Gasteiger partial charge in [0.15, 0.2) is 0 Å². The highest BCUT2D eigenvalue weighted by atomic mass is 15.0. The minimum Gasteiger partial charge on any atom is -0.307 e. The van der Waals surface area contributed by atoms with Crippen molar-refractivity contribution >= 4 is 11.4 Å². The predicted octanol–water partition coefficient (Wildman–Crippen LogP) is 2.98. The van der Waals surface area contributed by atoms with E-state index in [1.165, 1.54) is 24.1 Å². The molecular formula is C13H16N2. The molecular weight excluding hydrogens is 184 g/mol. The lowest BCUT2D eigenvalue weighted by molar-refractivity contribution is 0.541. The van der Waals surface area contributed by atoms with Gasteiger partial charge in [0.2, 0.25) is 0 Å². The van der Waals surface area contributed by atoms with Gasteiger partial charge in [0.05, 0.1) is 5.69 Å². The van der Waals surface area contributed by atoms with Gasteiger partial charge in [0.25, 0.3) is 0 Å². The molecule has 0 bridgehead atoms. The first-order valence-corrected chi connectivity index (χ1v) is 5.72. The van der Waals surface area contributed by atoms with Crippen molar-refractivity contribution in [2.24, 2.45) is 4.99 Å². The predicted molar refractivity (Wildman–Crippen MR) is 62.7 cm³/mol. The molecule has 2 aliphatic rings. The molecule has 0 amide bonds. The lowest BCUT2D eigenvalue weighted by Gasteiger charge is -2.24. The molecule has 1 aromatic carbocycles. The first-order chi connectivity index (χ1) is 7.33. The summed E-state index contributed by atoms with van der Waals surface area (Å²) in [7, 11) is 0. The van der Waals surface area contributed by atoms with Crippen molar-refractivity contribution in [1.82, 2.24) is 5.32 Å². The molecule has 0 aromatic heterocycles. The largest absolute Gasteiger partial charge is 0.307 e. The van der Waals surface area contributed by atoms with Crippen molar-refractivity contribution in [3.8, 4) is 0 Å². The summed E-state index contributed by atoms with van der Waals surface area (Å²) < 4.78 is 0. The average molecular weight is 200 g/mol. The number of aliphatic imine (C=N–C) groups is 1. The van der Waals surface area contributed by atoms with E-state index in [1.807, 2.05) is 0 Å². The Morgan fingerprint density at radius 3 is 2.87 bits per heavy atom. The molecule has 0 saturated heterocycles. The quantitative estimate of drug-likeness (QED) is 0.779. The molecule has 1 unspecified atom stereocenters. The SMILES string of the molecule is CC1=Nc2ccccc2C(NC2CC2)C1. The molecule has 1 heterocycles. The van der Waals surface area contributed by atoms with Gasteiger partial charge >= 0.3 is 0 Å². The topological polar surface area (TPSA) is 24.4 Å². The lowest BCUT2D eigenvalue weighted by Crippen LogP contribution is -2.27. The van der Waals surface area contributed by atoms with Crippen LogP contribution in [0.3, 0.4) is 0 Å². The van der Waals surface area contributed by atoms with Crippen molar-refractivity contribution in [2.45, 2.75) is 38.3 Å². The second-order valence-corrected chi connectivity index (χ2v) is 4.60. The van der Waals surface area contributed by atoms with Gasteiger partial charge in [-0.25, -0.2) is 0 Å². The normalized spacial score (nSPS) is 24.6. The van der Waals surface area contributed by atoms with Gasteiger partial charge in [-0.3, -0.25) is 4.99 Å². The molecule has 15 heavy (non-hydrogen) atoms. The Morgan fingerprint density at radius 2 is 2.07 bits per heavy atom. The fraction of sp³-hybridized carbons (Fsp3) is 0.462. The Morgan fingerprint density at radius 1 is 1.27 bits per heavy atom. The molecule has 1 aliphatic carbocycles. The van der Waals surface area contributed by atoms with Crippen LogP contribution in [0.5, 0.6) is 0 Å². The van der Waals surface area contributed by atoms with Crippen molar-refractivity contribution < 1.29 is 0 Å². The van der Waals surface area contributed by atoms with Crippen molar-refractivity contribution in [2.75, 3.05) is 0 Å². The number of rotatable bonds is 2. The summed E-state index contributed by atoms with van der Waals surface area (Å²) in [5, 5.41) is 3.70. The maximum Gasteiger partial charge on any atom is 0.0676 e. The molecule has 0 spiro atoms. The number of para-hydroxylation sites is 1. The van der Waals surface area contributed by atoms with Gasteiger partial charge in [-0.2, -0.15) is 0 Å². The van der Waals surface area contributed by atoms with Crippen LogP contribution in [0.4, 0.5) is 5.69 Å². The highest BCUT2D eigenvalue weighted by Gasteiger charge is 2.28. The van der Waals surface area contributed by atoms with Crippen molar-refractivity contribution in [3.63, 3.8) is 0 Å². The van der Waals surface area contributed by atoms with Crippen LogP contribution in [0, 0.1) is 0 Å². The smallest absolute Gasteiger partial charge is 0.0676 e. The van der Waals surface area contributed by atoms with Gasteiger partial charge in [-0.15, -0.1) is 0 Å². The molecule has 1 saturated carbocycles. The van der Waals surface area contributed by atoms with Crippen LogP contribution in [0.25, 0.3) is 0 Å². The summed E-state index contributed by atoms with van der Waals surface area (Å²) in [5.74, 6) is 0. The van der Waals surface area contributed by atoms with E-state index < -0.39 is 0 Å². The highest BCUT2D eigenvalue weighted by molar-refractivity contribution is 5.87. The fourth-order valence-electron chi connectivity index (χ4n) is 2.22. The molecule has 0 radical (unpaired) electrons. The summed E-state index contributed by atoms with van der Waals surface area (Å²) >= 11 is 0. The Kier molecular flexibility index (Phi) is 2.10. The molecule has 2 nitrogen and oxygen atoms in total. The molecule has 1 aliphatic heterocycles. The van der Waals surface area contributed by atoms with E-state index in [1.54, 1.807) is 0 Å². The zero-order valence-corrected chi connectivity index (χ0v) is 9.03. The number of benzene rings is 1. The van der Waals surface area contributed by atoms with Crippen LogP contribution in [0.15, 0.2) is 29.3 Å². The third-order valence-corrected chi connectivity index (χ3v) is 3.14. The van der Waals surface area contributed by atoms with Gasteiger partial charge < -0.3 is 5.32 Å². The van der Waals surface area contributed by atoms with Crippen LogP contribution >= 0.6 is 0 Å². The Hall–Kier alpha value is -1.15. The minimum absolute atomic E-state index is 0.492. The molecule has 1 N–H and O–H groups in total. The maximum atomic E-state index is 4.60. The second-order valence-electron chi connectivity index (χ2n) is 4.60. The van der Waals surface area contributed by atoms with E-state index in [-0.39, 0.29) is 0 Å². The Balaban J connectivity index is 1.93. The van der Waals surface area contributed by atoms with E-state index in [4.69, 9.17) is 0 Å². The van der Waals surface area contributed by atoms with Crippen molar-refractivity contribution in [3.05, 3.63) is 29.8 Å². The zero-order valence-electron chi connectivity index (χ0n) is 9.03. The first-order valence-electron chi connectivity index (χ1n) is 5.72. The van der Waals surface area contributed by atoms with Crippen LogP contribution < -0.4 is 5.32 Å². The van der Waals surface area contributed by atoms with Crippen LogP contribution in [-0.2, 0) is 0 Å². The Labute approximate surface area is 90.4 Å². The minimum atomic E-state index is 0.492. The van der Waals surface area contributed by atoms with E-state index in [2.05, 4.69) is 41.5 Å². The van der Waals surface area contributed by atoms with E-state index in [0.29, 0.717) is 6.04 Å². The number of nitrogens with one attached hydrogen (secondary N) is 1. The fourth-order valence-corrected chi connectivity index (χ4v) is 2.22. The number of nitrogens with zero attached hydrogens (tertiary/aromatic N) is 1. The van der Waals surface area contributed by atoms with Crippen molar-refractivity contribution in [1.29, 1.82) is 0 Å². The summed E-state index contributed by atoms with van der Waals surface area (Å²) in [4.78, 5) is 4.60. The van der Waals surface area contributed by atoms with Crippen LogP contribution in [-0.4, -0.2) is 11.8 Å². The number of hydrogen-bond acceptors (Lipinski definition) is 2. The third-order valence-electron chi connectivity index (χ3n) is 3.14. The lowest BCUT2D eigenvalue weighted by atomic mass is 9.96. The van der Waals surface area contributed by atoms with Gasteiger partial charge in [-0.1, -0.05) is 18.2 Å². The molecule has 2 heteroatoms. The third kappa shape index (κ3) is 1.82. The molecule has 1 fully saturated rings. The molecule has 1 atom stereocenters. The highest BCUT2D eigenvalue weighted by Crippen LogP contribution is 2.35. The summed E-state index contributed by atoms with van der Waals surface area (Å²) in [6.07, 6.45) is 3.75. The Bertz CT molecular complexity index is 405. The monoisotopic (exact) mass is 200 g/mol. The molecule has 3 rings (SSSR count). The number of hydrogen-bond donors (Lipinski definition) is 1. The van der Waals surface area contributed by atoms with Crippen LogP contribution in [0.1, 0.15) is 37.8 Å². The molecule has 78 valence electrons. The summed E-state index contributed by atoms with van der Waals surface area (Å²) in [5.41, 5.74) is 3.77. The standard InChI is InChI=1S/C13H16N2/c1-9-8-13(15-10-6-7-10)11-4-2-3-5-12(11)14-9/h2-5,10,13,15H,6-8H2,1H3. The summed E-state index contributed by atoms with van der Waals surface area (Å²) in [6, 6.07) is 9.73. The van der Waals surface area contributed by atoms with Gasteiger partial charge in [0, 0.05) is 24.2 Å². The van der Waals surface area contributed by atoms with Gasteiger partial charge in [0.1, 0.15) is 0 Å². The van der Waals surface area contributed by atoms with Gasteiger partial charge in [-0.05, 0) is 31.4 Å². The number of fused-ring (bicyclic) bond motifs is 1. The summed E-state index contributed by atoms with van der Waals surface area (Å²) in [6.45, 7) is 2.12. The maximum absolute atomic E-state index is 4.60. The first kappa shape index (κ1) is 9.10. The zero-order chi connectivity index (χ0) is 10.3. The van der Waals surface area contributed by atoms with E-state index >= 15 is 0 Å². The second kappa shape index (κ2) is 3.46. The van der Waals surface area contributed by atoms with Crippen LogP contribution in [0.2, 0.25) is 0 Å². The van der Waals surface area contributed by atoms with E-state index in [0.717, 1.165) is 18.2 Å².